The van der Waals surface area contributed by atoms with Gasteiger partial charge in [-0.2, -0.15) is 0 Å². The number of unbranched alkanes of at least 4 members (excludes halogenated alkanes) is 1. The Hall–Kier alpha value is -1.63. The average molecular weight is 284 g/mol. The van der Waals surface area contributed by atoms with Gasteiger partial charge in [-0.15, -0.1) is 0 Å². The van der Waals surface area contributed by atoms with Gasteiger partial charge < -0.3 is 15.2 Å². The molecule has 3 unspecified atom stereocenters. The molecule has 2 aliphatic heterocycles. The van der Waals surface area contributed by atoms with E-state index in [1.54, 1.807) is 0 Å². The van der Waals surface area contributed by atoms with E-state index >= 15 is 0 Å². The van der Waals surface area contributed by atoms with Crippen molar-refractivity contribution in [3.8, 4) is 0 Å². The summed E-state index contributed by atoms with van der Waals surface area (Å²) < 4.78 is 5.61. The van der Waals surface area contributed by atoms with Gasteiger partial charge in [0.05, 0.1) is 18.2 Å². The van der Waals surface area contributed by atoms with Crippen LogP contribution in [0.5, 0.6) is 0 Å². The molecule has 0 aromatic rings. The summed E-state index contributed by atoms with van der Waals surface area (Å²) in [4.78, 5) is 33.4. The minimum absolute atomic E-state index is 0.00596. The second-order valence-electron chi connectivity index (χ2n) is 5.34. The van der Waals surface area contributed by atoms with Crippen molar-refractivity contribution in [2.45, 2.75) is 63.2 Å². The van der Waals surface area contributed by atoms with Crippen LogP contribution in [-0.2, 0) is 14.3 Å². The molecule has 3 amide bonds. The van der Waals surface area contributed by atoms with Crippen LogP contribution in [0.3, 0.4) is 0 Å². The van der Waals surface area contributed by atoms with Crippen molar-refractivity contribution in [2.24, 2.45) is 0 Å². The van der Waals surface area contributed by atoms with Crippen LogP contribution in [0, 0.1) is 0 Å². The van der Waals surface area contributed by atoms with E-state index in [4.69, 9.17) is 9.84 Å². The minimum Gasteiger partial charge on any atom is -0.481 e. The fourth-order valence-corrected chi connectivity index (χ4v) is 2.75. The molecule has 2 saturated heterocycles. The molecule has 112 valence electrons. The van der Waals surface area contributed by atoms with Gasteiger partial charge in [0.15, 0.2) is 0 Å². The summed E-state index contributed by atoms with van der Waals surface area (Å²) in [5.74, 6) is -1.25. The largest absolute Gasteiger partial charge is 0.481 e. The van der Waals surface area contributed by atoms with E-state index in [2.05, 4.69) is 10.6 Å². The smallest absolute Gasteiger partial charge is 0.321 e. The SMILES string of the molecule is O=C(O)CCCCC(=O)NC(=O)NC1CC2CCC1O2. The Morgan fingerprint density at radius 1 is 1.15 bits per heavy atom. The summed E-state index contributed by atoms with van der Waals surface area (Å²) in [6.45, 7) is 0. The molecule has 0 aromatic carbocycles. The molecule has 0 radical (unpaired) electrons. The maximum Gasteiger partial charge on any atom is 0.321 e. The Balaban J connectivity index is 1.59. The summed E-state index contributed by atoms with van der Waals surface area (Å²) in [5, 5.41) is 13.5. The molecule has 2 aliphatic rings. The normalized spacial score (nSPS) is 27.3. The van der Waals surface area contributed by atoms with E-state index < -0.39 is 12.0 Å². The zero-order valence-electron chi connectivity index (χ0n) is 11.3. The molecule has 0 saturated carbocycles. The van der Waals surface area contributed by atoms with E-state index in [0.717, 1.165) is 19.3 Å². The Kier molecular flexibility index (Phi) is 4.94. The monoisotopic (exact) mass is 284 g/mol. The number of urea groups is 1. The summed E-state index contributed by atoms with van der Waals surface area (Å²) in [7, 11) is 0. The lowest BCUT2D eigenvalue weighted by atomic mass is 9.96. The first-order valence-corrected chi connectivity index (χ1v) is 7.02. The number of fused-ring (bicyclic) bond motifs is 2. The summed E-state index contributed by atoms with van der Waals surface area (Å²) in [6.07, 6.45) is 4.24. The van der Waals surface area contributed by atoms with E-state index in [9.17, 15) is 14.4 Å². The Morgan fingerprint density at radius 2 is 1.90 bits per heavy atom. The van der Waals surface area contributed by atoms with Crippen LogP contribution >= 0.6 is 0 Å². The third-order valence-corrected chi connectivity index (χ3v) is 3.72. The lowest BCUT2D eigenvalue weighted by Crippen LogP contribution is -2.48. The fourth-order valence-electron chi connectivity index (χ4n) is 2.75. The van der Waals surface area contributed by atoms with Crippen molar-refractivity contribution >= 4 is 17.9 Å². The zero-order chi connectivity index (χ0) is 14.5. The van der Waals surface area contributed by atoms with Crippen LogP contribution in [0.1, 0.15) is 44.9 Å². The molecule has 7 nitrogen and oxygen atoms in total. The molecule has 2 bridgehead atoms. The number of aliphatic carboxylic acids is 1. The number of carbonyl (C=O) groups excluding carboxylic acids is 2. The highest BCUT2D eigenvalue weighted by Crippen LogP contribution is 2.34. The lowest BCUT2D eigenvalue weighted by molar-refractivity contribution is -0.137. The lowest BCUT2D eigenvalue weighted by Gasteiger charge is -2.19. The summed E-state index contributed by atoms with van der Waals surface area (Å²) in [6, 6.07) is -0.497. The minimum atomic E-state index is -0.876. The first-order valence-electron chi connectivity index (χ1n) is 7.02. The van der Waals surface area contributed by atoms with Gasteiger partial charge in [0.2, 0.25) is 5.91 Å². The second kappa shape index (κ2) is 6.69. The van der Waals surface area contributed by atoms with E-state index in [-0.39, 0.29) is 37.0 Å². The molecule has 7 heteroatoms. The van der Waals surface area contributed by atoms with Gasteiger partial charge in [-0.05, 0) is 32.1 Å². The molecular formula is C13H20N2O5. The molecule has 2 fully saturated rings. The molecule has 0 spiro atoms. The Morgan fingerprint density at radius 3 is 2.50 bits per heavy atom. The summed E-state index contributed by atoms with van der Waals surface area (Å²) >= 11 is 0. The number of ether oxygens (including phenoxy) is 1. The topological polar surface area (TPSA) is 105 Å². The van der Waals surface area contributed by atoms with Crippen LogP contribution in [0.25, 0.3) is 0 Å². The Bertz CT molecular complexity index is 398. The first-order chi connectivity index (χ1) is 9.54. The van der Waals surface area contributed by atoms with Crippen LogP contribution in [0.2, 0.25) is 0 Å². The number of carboxylic acids is 1. The number of nitrogens with one attached hydrogen (secondary N) is 2. The number of hydrogen-bond acceptors (Lipinski definition) is 4. The number of rotatable bonds is 6. The van der Waals surface area contributed by atoms with Gasteiger partial charge in [-0.3, -0.25) is 14.9 Å². The van der Waals surface area contributed by atoms with Gasteiger partial charge >= 0.3 is 12.0 Å². The highest BCUT2D eigenvalue weighted by molar-refractivity contribution is 5.94. The molecule has 0 aliphatic carbocycles. The number of imide groups is 1. The zero-order valence-corrected chi connectivity index (χ0v) is 11.3. The first kappa shape index (κ1) is 14.8. The number of hydrogen-bond donors (Lipinski definition) is 3. The van der Waals surface area contributed by atoms with Gasteiger partial charge in [-0.1, -0.05) is 0 Å². The third-order valence-electron chi connectivity index (χ3n) is 3.72. The van der Waals surface area contributed by atoms with Crippen molar-refractivity contribution in [1.29, 1.82) is 0 Å². The van der Waals surface area contributed by atoms with Crippen LogP contribution in [-0.4, -0.2) is 41.3 Å². The second-order valence-corrected chi connectivity index (χ2v) is 5.34. The van der Waals surface area contributed by atoms with E-state index in [1.807, 2.05) is 0 Å². The van der Waals surface area contributed by atoms with Gasteiger partial charge in [0.25, 0.3) is 0 Å². The van der Waals surface area contributed by atoms with E-state index in [1.165, 1.54) is 0 Å². The van der Waals surface area contributed by atoms with Gasteiger partial charge in [0, 0.05) is 12.8 Å². The molecule has 0 aromatic heterocycles. The van der Waals surface area contributed by atoms with Crippen molar-refractivity contribution in [1.82, 2.24) is 10.6 Å². The number of amides is 3. The highest BCUT2D eigenvalue weighted by atomic mass is 16.5. The average Bonchev–Trinajstić information content (AvgIpc) is 2.96. The number of carboxylic acid groups (broad SMARTS) is 1. The van der Waals surface area contributed by atoms with Crippen LogP contribution in [0.15, 0.2) is 0 Å². The maximum absolute atomic E-state index is 11.6. The maximum atomic E-state index is 11.6. The highest BCUT2D eigenvalue weighted by Gasteiger charge is 2.41. The molecule has 3 N–H and O–H groups in total. The number of carbonyl (C=O) groups is 3. The quantitative estimate of drug-likeness (QED) is 0.625. The summed E-state index contributed by atoms with van der Waals surface area (Å²) in [5.41, 5.74) is 0. The molecule has 20 heavy (non-hydrogen) atoms. The van der Waals surface area contributed by atoms with Crippen LogP contribution in [0.4, 0.5) is 4.79 Å². The predicted molar refractivity (Wildman–Crippen MR) is 69.1 cm³/mol. The van der Waals surface area contributed by atoms with Gasteiger partial charge in [-0.25, -0.2) is 4.79 Å². The van der Waals surface area contributed by atoms with Gasteiger partial charge in [0.1, 0.15) is 0 Å². The van der Waals surface area contributed by atoms with Crippen molar-refractivity contribution in [3.63, 3.8) is 0 Å². The third kappa shape index (κ3) is 4.19. The van der Waals surface area contributed by atoms with Crippen molar-refractivity contribution in [2.75, 3.05) is 0 Å². The molecular weight excluding hydrogens is 264 g/mol. The van der Waals surface area contributed by atoms with Crippen LogP contribution < -0.4 is 10.6 Å². The van der Waals surface area contributed by atoms with Crippen molar-refractivity contribution in [3.05, 3.63) is 0 Å². The van der Waals surface area contributed by atoms with E-state index in [0.29, 0.717) is 12.8 Å². The molecule has 2 rings (SSSR count). The van der Waals surface area contributed by atoms with Crippen molar-refractivity contribution < 1.29 is 24.2 Å². The molecule has 3 atom stereocenters. The molecule has 2 heterocycles. The predicted octanol–water partition coefficient (Wildman–Crippen LogP) is 0.777. The Labute approximate surface area is 117 Å². The standard InChI is InChI=1S/C13H20N2O5/c16-11(3-1-2-4-12(17)18)15-13(19)14-9-7-8-5-6-10(9)20-8/h8-10H,1-7H2,(H,17,18)(H2,14,15,16,19). The fraction of sp³-hybridized carbons (Fsp3) is 0.769.